The molecule has 0 aliphatic heterocycles. The molecule has 0 radical (unpaired) electrons. The van der Waals surface area contributed by atoms with Crippen LogP contribution < -0.4 is 10.7 Å². The summed E-state index contributed by atoms with van der Waals surface area (Å²) >= 11 is 4.91. The van der Waals surface area contributed by atoms with Crippen molar-refractivity contribution in [1.29, 1.82) is 0 Å². The molecule has 0 aromatic heterocycles. The number of carbonyl (C=O) groups is 1. The maximum Gasteiger partial charge on any atom is 0.418 e. The highest BCUT2D eigenvalue weighted by Gasteiger charge is 2.33. The van der Waals surface area contributed by atoms with Gasteiger partial charge in [-0.2, -0.15) is 18.3 Å². The van der Waals surface area contributed by atoms with Crippen LogP contribution >= 0.6 is 12.2 Å². The van der Waals surface area contributed by atoms with Gasteiger partial charge in [0.15, 0.2) is 5.11 Å². The predicted octanol–water partition coefficient (Wildman–Crippen LogP) is 3.72. The van der Waals surface area contributed by atoms with Gasteiger partial charge in [0.1, 0.15) is 0 Å². The van der Waals surface area contributed by atoms with Crippen molar-refractivity contribution in [1.82, 2.24) is 5.43 Å². The number of para-hydroxylation sites is 1. The second kappa shape index (κ2) is 7.75. The minimum atomic E-state index is -4.51. The fourth-order valence-corrected chi connectivity index (χ4v) is 2.03. The zero-order valence-electron chi connectivity index (χ0n) is 12.5. The number of halogens is 3. The van der Waals surface area contributed by atoms with Crippen LogP contribution in [0.15, 0.2) is 53.6 Å². The van der Waals surface area contributed by atoms with E-state index in [0.29, 0.717) is 5.56 Å². The van der Waals surface area contributed by atoms with E-state index >= 15 is 0 Å². The van der Waals surface area contributed by atoms with Crippen molar-refractivity contribution in [2.75, 3.05) is 5.32 Å². The van der Waals surface area contributed by atoms with Crippen molar-refractivity contribution >= 4 is 35.2 Å². The van der Waals surface area contributed by atoms with Gasteiger partial charge in [0.25, 0.3) is 0 Å². The largest absolute Gasteiger partial charge is 0.478 e. The van der Waals surface area contributed by atoms with E-state index in [2.05, 4.69) is 15.8 Å². The Balaban J connectivity index is 1.98. The topological polar surface area (TPSA) is 73.7 Å². The van der Waals surface area contributed by atoms with Gasteiger partial charge < -0.3 is 10.4 Å². The molecule has 0 unspecified atom stereocenters. The Morgan fingerprint density at radius 1 is 1.12 bits per heavy atom. The highest BCUT2D eigenvalue weighted by molar-refractivity contribution is 7.80. The van der Waals surface area contributed by atoms with E-state index in [-0.39, 0.29) is 16.4 Å². The first-order valence-electron chi connectivity index (χ1n) is 6.87. The summed E-state index contributed by atoms with van der Waals surface area (Å²) in [5, 5.41) is 14.9. The summed E-state index contributed by atoms with van der Waals surface area (Å²) in [6.45, 7) is 0. The van der Waals surface area contributed by atoms with Crippen LogP contribution in [0.4, 0.5) is 18.9 Å². The Morgan fingerprint density at radius 3 is 2.36 bits per heavy atom. The fourth-order valence-electron chi connectivity index (χ4n) is 1.87. The van der Waals surface area contributed by atoms with E-state index in [1.807, 2.05) is 0 Å². The van der Waals surface area contributed by atoms with Gasteiger partial charge in [-0.1, -0.05) is 24.3 Å². The maximum absolute atomic E-state index is 12.9. The van der Waals surface area contributed by atoms with Gasteiger partial charge in [-0.3, -0.25) is 5.43 Å². The third-order valence-electron chi connectivity index (χ3n) is 3.02. The second-order valence-electron chi connectivity index (χ2n) is 4.79. The summed E-state index contributed by atoms with van der Waals surface area (Å²) in [4.78, 5) is 10.7. The molecule has 0 spiro atoms. The molecule has 25 heavy (non-hydrogen) atoms. The zero-order chi connectivity index (χ0) is 18.4. The summed E-state index contributed by atoms with van der Waals surface area (Å²) in [5.74, 6) is -1.05. The molecular weight excluding hydrogens is 355 g/mol. The van der Waals surface area contributed by atoms with Crippen molar-refractivity contribution in [3.8, 4) is 0 Å². The molecule has 2 aromatic carbocycles. The molecule has 2 aromatic rings. The summed E-state index contributed by atoms with van der Waals surface area (Å²) in [7, 11) is 0. The van der Waals surface area contributed by atoms with Gasteiger partial charge in [0.2, 0.25) is 0 Å². The van der Waals surface area contributed by atoms with Crippen LogP contribution in [-0.4, -0.2) is 22.4 Å². The van der Waals surface area contributed by atoms with Crippen LogP contribution in [0, 0.1) is 0 Å². The number of carboxylic acid groups (broad SMARTS) is 1. The van der Waals surface area contributed by atoms with Crippen LogP contribution in [-0.2, 0) is 6.18 Å². The number of carboxylic acids is 1. The van der Waals surface area contributed by atoms with Crippen molar-refractivity contribution in [2.45, 2.75) is 6.18 Å². The van der Waals surface area contributed by atoms with Crippen LogP contribution in [0.3, 0.4) is 0 Å². The highest BCUT2D eigenvalue weighted by atomic mass is 32.1. The quantitative estimate of drug-likeness (QED) is 0.436. The third kappa shape index (κ3) is 5.28. The maximum atomic E-state index is 12.9. The van der Waals surface area contributed by atoms with E-state index < -0.39 is 17.7 Å². The van der Waals surface area contributed by atoms with Gasteiger partial charge in [0.05, 0.1) is 23.0 Å². The Bertz CT molecular complexity index is 805. The Morgan fingerprint density at radius 2 is 1.76 bits per heavy atom. The van der Waals surface area contributed by atoms with Crippen molar-refractivity contribution in [2.24, 2.45) is 5.10 Å². The van der Waals surface area contributed by atoms with Crippen LogP contribution in [0.2, 0.25) is 0 Å². The Hall–Kier alpha value is -2.94. The number of nitrogens with one attached hydrogen (secondary N) is 2. The molecule has 0 fully saturated rings. The first-order valence-corrected chi connectivity index (χ1v) is 7.28. The van der Waals surface area contributed by atoms with E-state index in [9.17, 15) is 18.0 Å². The monoisotopic (exact) mass is 367 g/mol. The molecule has 0 bridgehead atoms. The number of benzene rings is 2. The predicted molar refractivity (Wildman–Crippen MR) is 91.8 cm³/mol. The third-order valence-corrected chi connectivity index (χ3v) is 3.21. The highest BCUT2D eigenvalue weighted by Crippen LogP contribution is 2.34. The second-order valence-corrected chi connectivity index (χ2v) is 5.20. The Kier molecular flexibility index (Phi) is 5.71. The van der Waals surface area contributed by atoms with Gasteiger partial charge in [0, 0.05) is 0 Å². The molecule has 0 aliphatic rings. The summed E-state index contributed by atoms with van der Waals surface area (Å²) in [6.07, 6.45) is -3.15. The average molecular weight is 367 g/mol. The number of thiocarbonyl (C=S) groups is 1. The smallest absolute Gasteiger partial charge is 0.418 e. The molecule has 0 heterocycles. The SMILES string of the molecule is O=C(O)c1ccc(C=NNC(=S)Nc2ccccc2C(F)(F)F)cc1. The number of aromatic carboxylic acids is 1. The fraction of sp³-hybridized carbons (Fsp3) is 0.0625. The van der Waals surface area contributed by atoms with E-state index in [0.717, 1.165) is 6.07 Å². The normalized spacial score (nSPS) is 11.3. The summed E-state index contributed by atoms with van der Waals surface area (Å²) in [5.41, 5.74) is 2.10. The van der Waals surface area contributed by atoms with Crippen molar-refractivity contribution < 1.29 is 23.1 Å². The lowest BCUT2D eigenvalue weighted by molar-refractivity contribution is -0.136. The molecule has 130 valence electrons. The van der Waals surface area contributed by atoms with Gasteiger partial charge >= 0.3 is 12.1 Å². The van der Waals surface area contributed by atoms with Crippen LogP contribution in [0.5, 0.6) is 0 Å². The van der Waals surface area contributed by atoms with E-state index in [4.69, 9.17) is 17.3 Å². The van der Waals surface area contributed by atoms with E-state index in [1.54, 1.807) is 0 Å². The van der Waals surface area contributed by atoms with Crippen molar-refractivity contribution in [3.63, 3.8) is 0 Å². The number of hydrogen-bond donors (Lipinski definition) is 3. The lowest BCUT2D eigenvalue weighted by atomic mass is 10.1. The molecular formula is C16H12F3N3O2S. The van der Waals surface area contributed by atoms with Crippen LogP contribution in [0.25, 0.3) is 0 Å². The molecule has 3 N–H and O–H groups in total. The molecule has 0 saturated carbocycles. The number of hydrazone groups is 1. The Labute approximate surface area is 146 Å². The molecule has 5 nitrogen and oxygen atoms in total. The molecule has 0 saturated heterocycles. The molecule has 0 aliphatic carbocycles. The minimum Gasteiger partial charge on any atom is -0.478 e. The molecule has 0 amide bonds. The number of hydrogen-bond acceptors (Lipinski definition) is 3. The zero-order valence-corrected chi connectivity index (χ0v) is 13.4. The average Bonchev–Trinajstić information content (AvgIpc) is 2.55. The lowest BCUT2D eigenvalue weighted by Crippen LogP contribution is -2.25. The molecule has 0 atom stereocenters. The number of anilines is 1. The number of alkyl halides is 3. The van der Waals surface area contributed by atoms with Gasteiger partial charge in [-0.05, 0) is 42.0 Å². The first kappa shape index (κ1) is 18.4. The first-order chi connectivity index (χ1) is 11.8. The molecule has 9 heteroatoms. The number of rotatable bonds is 4. The summed E-state index contributed by atoms with van der Waals surface area (Å²) in [6, 6.07) is 10.8. The number of nitrogens with zero attached hydrogens (tertiary/aromatic N) is 1. The van der Waals surface area contributed by atoms with Gasteiger partial charge in [-0.25, -0.2) is 4.79 Å². The molecule has 2 rings (SSSR count). The van der Waals surface area contributed by atoms with Crippen molar-refractivity contribution in [3.05, 3.63) is 65.2 Å². The summed E-state index contributed by atoms with van der Waals surface area (Å²) < 4.78 is 38.7. The lowest BCUT2D eigenvalue weighted by Gasteiger charge is -2.14. The standard InChI is InChI=1S/C16H12F3N3O2S/c17-16(18,19)12-3-1-2-4-13(12)21-15(25)22-20-9-10-5-7-11(8-6-10)14(23)24/h1-9H,(H,23,24)(H2,21,22,25). The van der Waals surface area contributed by atoms with Gasteiger partial charge in [-0.15, -0.1) is 0 Å². The minimum absolute atomic E-state index is 0.116. The van der Waals surface area contributed by atoms with E-state index in [1.165, 1.54) is 48.7 Å². The van der Waals surface area contributed by atoms with Crippen LogP contribution in [0.1, 0.15) is 21.5 Å².